The summed E-state index contributed by atoms with van der Waals surface area (Å²) in [7, 11) is 0. The van der Waals surface area contributed by atoms with Gasteiger partial charge in [0.2, 0.25) is 0 Å². The molecular formula is C10H15ClN4O. The minimum absolute atomic E-state index is 0.148. The van der Waals surface area contributed by atoms with Crippen LogP contribution in [-0.2, 0) is 0 Å². The van der Waals surface area contributed by atoms with E-state index in [9.17, 15) is 4.79 Å². The maximum Gasteiger partial charge on any atom is 0.271 e. The molecule has 88 valence electrons. The highest BCUT2D eigenvalue weighted by molar-refractivity contribution is 6.32. The van der Waals surface area contributed by atoms with Crippen LogP contribution in [0.2, 0.25) is 5.02 Å². The fourth-order valence-electron chi connectivity index (χ4n) is 2.20. The van der Waals surface area contributed by atoms with Crippen LogP contribution in [0.4, 0.5) is 5.82 Å². The van der Waals surface area contributed by atoms with Gasteiger partial charge in [0, 0.05) is 19.1 Å². The highest BCUT2D eigenvalue weighted by Gasteiger charge is 2.32. The number of hydrogen-bond acceptors (Lipinski definition) is 4. The molecular weight excluding hydrogens is 228 g/mol. The standard InChI is InChI=1S/C10H15ClN4O/c1-6-2-3-15(7(6)4-12)9-8(11)10(16)14-5-13-9/h5-7H,2-4,12H2,1H3,(H,13,14,16). The number of aromatic amines is 1. The number of halogens is 1. The van der Waals surface area contributed by atoms with Crippen molar-refractivity contribution in [2.45, 2.75) is 19.4 Å². The summed E-state index contributed by atoms with van der Waals surface area (Å²) < 4.78 is 0. The summed E-state index contributed by atoms with van der Waals surface area (Å²) in [5, 5.41) is 0.148. The van der Waals surface area contributed by atoms with Crippen LogP contribution in [0.5, 0.6) is 0 Å². The topological polar surface area (TPSA) is 75.0 Å². The van der Waals surface area contributed by atoms with E-state index in [1.807, 2.05) is 4.90 Å². The first-order valence-corrected chi connectivity index (χ1v) is 5.73. The molecule has 0 spiro atoms. The summed E-state index contributed by atoms with van der Waals surface area (Å²) >= 11 is 5.95. The van der Waals surface area contributed by atoms with Crippen LogP contribution in [0.15, 0.2) is 11.1 Å². The van der Waals surface area contributed by atoms with Gasteiger partial charge in [-0.1, -0.05) is 18.5 Å². The van der Waals surface area contributed by atoms with Crippen LogP contribution in [0.3, 0.4) is 0 Å². The van der Waals surface area contributed by atoms with Gasteiger partial charge < -0.3 is 15.6 Å². The van der Waals surface area contributed by atoms with Crippen LogP contribution in [-0.4, -0.2) is 29.1 Å². The lowest BCUT2D eigenvalue weighted by molar-refractivity contribution is 0.517. The van der Waals surface area contributed by atoms with E-state index in [0.29, 0.717) is 18.3 Å². The first-order chi connectivity index (χ1) is 7.65. The number of H-pyrrole nitrogens is 1. The summed E-state index contributed by atoms with van der Waals surface area (Å²) in [6.45, 7) is 3.55. The zero-order valence-electron chi connectivity index (χ0n) is 9.11. The van der Waals surface area contributed by atoms with Gasteiger partial charge in [-0.05, 0) is 12.3 Å². The molecule has 1 aliphatic rings. The Kier molecular flexibility index (Phi) is 3.16. The molecule has 0 radical (unpaired) electrons. The Hall–Kier alpha value is -1.07. The highest BCUT2D eigenvalue weighted by Crippen LogP contribution is 2.30. The van der Waals surface area contributed by atoms with E-state index in [-0.39, 0.29) is 16.6 Å². The number of nitrogens with zero attached hydrogens (tertiary/aromatic N) is 2. The monoisotopic (exact) mass is 242 g/mol. The second-order valence-electron chi connectivity index (χ2n) is 4.13. The fourth-order valence-corrected chi connectivity index (χ4v) is 2.42. The van der Waals surface area contributed by atoms with E-state index >= 15 is 0 Å². The van der Waals surface area contributed by atoms with E-state index in [2.05, 4.69) is 16.9 Å². The second kappa shape index (κ2) is 4.43. The van der Waals surface area contributed by atoms with Crippen molar-refractivity contribution in [3.05, 3.63) is 21.7 Å². The normalized spacial score (nSPS) is 25.1. The van der Waals surface area contributed by atoms with Crippen molar-refractivity contribution in [1.82, 2.24) is 9.97 Å². The van der Waals surface area contributed by atoms with Gasteiger partial charge >= 0.3 is 0 Å². The molecule has 1 saturated heterocycles. The van der Waals surface area contributed by atoms with Gasteiger partial charge in [-0.15, -0.1) is 0 Å². The number of hydrogen-bond donors (Lipinski definition) is 2. The molecule has 0 saturated carbocycles. The minimum Gasteiger partial charge on any atom is -0.351 e. The SMILES string of the molecule is CC1CCN(c2nc[nH]c(=O)c2Cl)C1CN. The van der Waals surface area contributed by atoms with E-state index in [1.165, 1.54) is 6.33 Å². The number of aromatic nitrogens is 2. The zero-order valence-corrected chi connectivity index (χ0v) is 9.87. The number of anilines is 1. The molecule has 2 atom stereocenters. The largest absolute Gasteiger partial charge is 0.351 e. The first kappa shape index (κ1) is 11.4. The van der Waals surface area contributed by atoms with E-state index in [4.69, 9.17) is 17.3 Å². The summed E-state index contributed by atoms with van der Waals surface area (Å²) in [5.74, 6) is 1.05. The van der Waals surface area contributed by atoms with Gasteiger partial charge in [-0.2, -0.15) is 0 Å². The van der Waals surface area contributed by atoms with Crippen LogP contribution >= 0.6 is 11.6 Å². The molecule has 3 N–H and O–H groups in total. The second-order valence-corrected chi connectivity index (χ2v) is 4.51. The van der Waals surface area contributed by atoms with Gasteiger partial charge in [0.15, 0.2) is 5.82 Å². The Morgan fingerprint density at radius 2 is 2.50 bits per heavy atom. The molecule has 0 bridgehead atoms. The molecule has 6 heteroatoms. The van der Waals surface area contributed by atoms with Crippen LogP contribution < -0.4 is 16.2 Å². The van der Waals surface area contributed by atoms with Crippen molar-refractivity contribution in [2.75, 3.05) is 18.0 Å². The van der Waals surface area contributed by atoms with Gasteiger partial charge in [-0.25, -0.2) is 4.98 Å². The molecule has 2 heterocycles. The number of nitrogens with one attached hydrogen (secondary N) is 1. The van der Waals surface area contributed by atoms with Crippen molar-refractivity contribution in [3.8, 4) is 0 Å². The Bertz CT molecular complexity index is 433. The van der Waals surface area contributed by atoms with Crippen molar-refractivity contribution in [3.63, 3.8) is 0 Å². The fraction of sp³-hybridized carbons (Fsp3) is 0.600. The Labute approximate surface area is 98.6 Å². The lowest BCUT2D eigenvalue weighted by Gasteiger charge is -2.26. The van der Waals surface area contributed by atoms with Crippen LogP contribution in [0.25, 0.3) is 0 Å². The first-order valence-electron chi connectivity index (χ1n) is 5.35. The predicted octanol–water partition coefficient (Wildman–Crippen LogP) is 0.597. The summed E-state index contributed by atoms with van der Waals surface area (Å²) in [4.78, 5) is 20.0. The van der Waals surface area contributed by atoms with Crippen molar-refractivity contribution < 1.29 is 0 Å². The molecule has 0 amide bonds. The predicted molar refractivity (Wildman–Crippen MR) is 63.8 cm³/mol. The third-order valence-corrected chi connectivity index (χ3v) is 3.51. The van der Waals surface area contributed by atoms with E-state index in [1.54, 1.807) is 0 Å². The Morgan fingerprint density at radius 1 is 1.75 bits per heavy atom. The van der Waals surface area contributed by atoms with Gasteiger partial charge in [0.25, 0.3) is 5.56 Å². The van der Waals surface area contributed by atoms with Crippen molar-refractivity contribution in [1.29, 1.82) is 0 Å². The third kappa shape index (κ3) is 1.81. The molecule has 2 rings (SSSR count). The van der Waals surface area contributed by atoms with Crippen LogP contribution in [0, 0.1) is 5.92 Å². The lowest BCUT2D eigenvalue weighted by atomic mass is 10.0. The lowest BCUT2D eigenvalue weighted by Crippen LogP contribution is -2.39. The number of rotatable bonds is 2. The summed E-state index contributed by atoms with van der Waals surface area (Å²) in [6.07, 6.45) is 2.42. The zero-order chi connectivity index (χ0) is 11.7. The molecule has 0 aliphatic carbocycles. The average Bonchev–Trinajstić information content (AvgIpc) is 2.63. The van der Waals surface area contributed by atoms with Crippen molar-refractivity contribution >= 4 is 17.4 Å². The molecule has 1 aliphatic heterocycles. The summed E-state index contributed by atoms with van der Waals surface area (Å²) in [5.41, 5.74) is 5.44. The Morgan fingerprint density at radius 3 is 3.19 bits per heavy atom. The molecule has 5 nitrogen and oxygen atoms in total. The molecule has 0 aromatic carbocycles. The Balaban J connectivity index is 2.37. The number of nitrogens with two attached hydrogens (primary N) is 1. The maximum absolute atomic E-state index is 11.4. The molecule has 1 aromatic rings. The summed E-state index contributed by atoms with van der Waals surface area (Å²) in [6, 6.07) is 0.215. The minimum atomic E-state index is -0.304. The highest BCUT2D eigenvalue weighted by atomic mass is 35.5. The maximum atomic E-state index is 11.4. The smallest absolute Gasteiger partial charge is 0.271 e. The van der Waals surface area contributed by atoms with E-state index in [0.717, 1.165) is 13.0 Å². The van der Waals surface area contributed by atoms with Gasteiger partial charge in [-0.3, -0.25) is 4.79 Å². The third-order valence-electron chi connectivity index (χ3n) is 3.17. The average molecular weight is 243 g/mol. The molecule has 16 heavy (non-hydrogen) atoms. The van der Waals surface area contributed by atoms with Crippen molar-refractivity contribution in [2.24, 2.45) is 11.7 Å². The van der Waals surface area contributed by atoms with Gasteiger partial charge in [0.05, 0.1) is 6.33 Å². The van der Waals surface area contributed by atoms with Gasteiger partial charge in [0.1, 0.15) is 5.02 Å². The molecule has 1 aromatic heterocycles. The van der Waals surface area contributed by atoms with E-state index < -0.39 is 0 Å². The quantitative estimate of drug-likeness (QED) is 0.796. The molecule has 1 fully saturated rings. The molecule has 2 unspecified atom stereocenters. The van der Waals surface area contributed by atoms with Crippen LogP contribution in [0.1, 0.15) is 13.3 Å².